The van der Waals surface area contributed by atoms with Gasteiger partial charge in [0.05, 0.1) is 0 Å². The average Bonchev–Trinajstić information content (AvgIpc) is 2.74. The summed E-state index contributed by atoms with van der Waals surface area (Å²) in [5.74, 6) is 0. The van der Waals surface area contributed by atoms with Crippen LogP contribution in [0.4, 0.5) is 0 Å². The number of aromatic nitrogens is 1. The van der Waals surface area contributed by atoms with Gasteiger partial charge in [-0.05, 0) is 18.1 Å². The molecule has 0 saturated carbocycles. The van der Waals surface area contributed by atoms with Crippen LogP contribution in [0.15, 0.2) is 30.5 Å². The summed E-state index contributed by atoms with van der Waals surface area (Å²) in [5, 5.41) is 8.32. The van der Waals surface area contributed by atoms with Crippen LogP contribution in [-0.4, -0.2) is 30.7 Å². The molecule has 3 nitrogen and oxygen atoms in total. The van der Waals surface area contributed by atoms with Crippen LogP contribution in [0.5, 0.6) is 0 Å². The third-order valence-corrected chi connectivity index (χ3v) is 3.27. The first-order valence-corrected chi connectivity index (χ1v) is 5.92. The van der Waals surface area contributed by atoms with Crippen LogP contribution in [0.1, 0.15) is 5.56 Å². The van der Waals surface area contributed by atoms with Crippen molar-refractivity contribution in [1.82, 2.24) is 15.6 Å². The molecule has 0 amide bonds. The van der Waals surface area contributed by atoms with Crippen LogP contribution in [-0.2, 0) is 6.42 Å². The van der Waals surface area contributed by atoms with Crippen molar-refractivity contribution >= 4 is 10.9 Å². The molecule has 1 fully saturated rings. The number of piperazine rings is 1. The Labute approximate surface area is 95.2 Å². The minimum atomic E-state index is 0.563. The molecular formula is C13H17N3. The molecule has 84 valence electrons. The highest BCUT2D eigenvalue weighted by Crippen LogP contribution is 2.19. The van der Waals surface area contributed by atoms with E-state index in [-0.39, 0.29) is 0 Å². The van der Waals surface area contributed by atoms with Crippen molar-refractivity contribution in [3.8, 4) is 0 Å². The molecule has 2 heterocycles. The van der Waals surface area contributed by atoms with Gasteiger partial charge in [0.15, 0.2) is 0 Å². The Kier molecular flexibility index (Phi) is 2.64. The Morgan fingerprint density at radius 3 is 3.00 bits per heavy atom. The van der Waals surface area contributed by atoms with E-state index in [0.717, 1.165) is 26.1 Å². The van der Waals surface area contributed by atoms with Gasteiger partial charge >= 0.3 is 0 Å². The molecule has 1 atom stereocenters. The molecule has 0 radical (unpaired) electrons. The fourth-order valence-electron chi connectivity index (χ4n) is 2.42. The number of hydrogen-bond donors (Lipinski definition) is 3. The lowest BCUT2D eigenvalue weighted by molar-refractivity contribution is 0.417. The number of rotatable bonds is 2. The number of benzene rings is 1. The lowest BCUT2D eigenvalue weighted by Crippen LogP contribution is -2.49. The maximum atomic E-state index is 3.55. The van der Waals surface area contributed by atoms with Crippen molar-refractivity contribution < 1.29 is 0 Å². The molecule has 1 aromatic heterocycles. The van der Waals surface area contributed by atoms with E-state index >= 15 is 0 Å². The second-order valence-corrected chi connectivity index (χ2v) is 4.42. The second kappa shape index (κ2) is 4.28. The van der Waals surface area contributed by atoms with Crippen LogP contribution in [0.25, 0.3) is 10.9 Å². The summed E-state index contributed by atoms with van der Waals surface area (Å²) in [6, 6.07) is 9.06. The Hall–Kier alpha value is -1.32. The summed E-state index contributed by atoms with van der Waals surface area (Å²) in [5.41, 5.74) is 2.65. The first kappa shape index (κ1) is 9.87. The van der Waals surface area contributed by atoms with Crippen molar-refractivity contribution in [2.24, 2.45) is 0 Å². The Morgan fingerprint density at radius 1 is 1.19 bits per heavy atom. The molecule has 0 aliphatic carbocycles. The van der Waals surface area contributed by atoms with E-state index in [4.69, 9.17) is 0 Å². The number of nitrogens with one attached hydrogen (secondary N) is 3. The van der Waals surface area contributed by atoms with Gasteiger partial charge in [-0.15, -0.1) is 0 Å². The van der Waals surface area contributed by atoms with E-state index in [9.17, 15) is 0 Å². The summed E-state index contributed by atoms with van der Waals surface area (Å²) in [6.45, 7) is 3.23. The van der Waals surface area contributed by atoms with E-state index in [1.165, 1.54) is 16.5 Å². The highest BCUT2D eigenvalue weighted by Gasteiger charge is 2.14. The number of aromatic amines is 1. The quantitative estimate of drug-likeness (QED) is 0.706. The topological polar surface area (TPSA) is 39.8 Å². The summed E-state index contributed by atoms with van der Waals surface area (Å²) in [6.07, 6.45) is 3.23. The number of fused-ring (bicyclic) bond motifs is 1. The third-order valence-electron chi connectivity index (χ3n) is 3.27. The largest absolute Gasteiger partial charge is 0.361 e. The van der Waals surface area contributed by atoms with Gasteiger partial charge in [0.1, 0.15) is 0 Å². The third kappa shape index (κ3) is 1.84. The lowest BCUT2D eigenvalue weighted by atomic mass is 10.0. The molecule has 1 saturated heterocycles. The van der Waals surface area contributed by atoms with Gasteiger partial charge in [-0.3, -0.25) is 0 Å². The zero-order chi connectivity index (χ0) is 10.8. The molecule has 1 aromatic carbocycles. The van der Waals surface area contributed by atoms with Gasteiger partial charge in [-0.1, -0.05) is 18.2 Å². The van der Waals surface area contributed by atoms with Crippen molar-refractivity contribution in [3.63, 3.8) is 0 Å². The molecule has 3 rings (SSSR count). The molecule has 0 spiro atoms. The summed E-state index contributed by atoms with van der Waals surface area (Å²) >= 11 is 0. The van der Waals surface area contributed by atoms with Gasteiger partial charge in [0, 0.05) is 42.8 Å². The minimum Gasteiger partial charge on any atom is -0.361 e. The Morgan fingerprint density at radius 2 is 2.12 bits per heavy atom. The van der Waals surface area contributed by atoms with E-state index < -0.39 is 0 Å². The van der Waals surface area contributed by atoms with Crippen LogP contribution in [0.2, 0.25) is 0 Å². The van der Waals surface area contributed by atoms with Crippen molar-refractivity contribution in [3.05, 3.63) is 36.0 Å². The lowest BCUT2D eigenvalue weighted by Gasteiger charge is -2.24. The minimum absolute atomic E-state index is 0.563. The highest BCUT2D eigenvalue weighted by atomic mass is 15.0. The fraction of sp³-hybridized carbons (Fsp3) is 0.385. The standard InChI is InChI=1S/C13H17N3/c1-2-4-13-12(3-1)10(8-16-13)7-11-9-14-5-6-15-11/h1-4,8,11,14-16H,5-7,9H2/t11-/m0/s1. The zero-order valence-corrected chi connectivity index (χ0v) is 9.29. The number of hydrogen-bond acceptors (Lipinski definition) is 2. The van der Waals surface area contributed by atoms with E-state index in [1.54, 1.807) is 0 Å². The van der Waals surface area contributed by atoms with Gasteiger partial charge in [0.2, 0.25) is 0 Å². The van der Waals surface area contributed by atoms with Crippen molar-refractivity contribution in [1.29, 1.82) is 0 Å². The molecule has 16 heavy (non-hydrogen) atoms. The molecule has 0 unspecified atom stereocenters. The van der Waals surface area contributed by atoms with Crippen LogP contribution >= 0.6 is 0 Å². The number of H-pyrrole nitrogens is 1. The van der Waals surface area contributed by atoms with Gasteiger partial charge in [-0.2, -0.15) is 0 Å². The molecule has 0 bridgehead atoms. The first-order chi connectivity index (χ1) is 7.93. The summed E-state index contributed by atoms with van der Waals surface area (Å²) < 4.78 is 0. The second-order valence-electron chi connectivity index (χ2n) is 4.42. The first-order valence-electron chi connectivity index (χ1n) is 5.92. The molecular weight excluding hydrogens is 198 g/mol. The SMILES string of the molecule is c1ccc2c(C[C@H]3CNCCN3)c[nH]c2c1. The van der Waals surface area contributed by atoms with Crippen LogP contribution in [0, 0.1) is 0 Å². The molecule has 2 aromatic rings. The maximum absolute atomic E-state index is 3.55. The van der Waals surface area contributed by atoms with E-state index in [1.807, 2.05) is 0 Å². The zero-order valence-electron chi connectivity index (χ0n) is 9.29. The van der Waals surface area contributed by atoms with Crippen LogP contribution in [0.3, 0.4) is 0 Å². The Balaban J connectivity index is 1.83. The predicted octanol–water partition coefficient (Wildman–Crippen LogP) is 1.27. The molecule has 3 heteroatoms. The molecule has 1 aliphatic heterocycles. The van der Waals surface area contributed by atoms with E-state index in [0.29, 0.717) is 6.04 Å². The monoisotopic (exact) mass is 215 g/mol. The highest BCUT2D eigenvalue weighted by molar-refractivity contribution is 5.83. The molecule has 1 aliphatic rings. The van der Waals surface area contributed by atoms with Crippen molar-refractivity contribution in [2.75, 3.05) is 19.6 Å². The fourth-order valence-corrected chi connectivity index (χ4v) is 2.42. The molecule has 3 N–H and O–H groups in total. The smallest absolute Gasteiger partial charge is 0.0456 e. The van der Waals surface area contributed by atoms with E-state index in [2.05, 4.69) is 46.1 Å². The van der Waals surface area contributed by atoms with Gasteiger partial charge < -0.3 is 15.6 Å². The van der Waals surface area contributed by atoms with Gasteiger partial charge in [-0.25, -0.2) is 0 Å². The maximum Gasteiger partial charge on any atom is 0.0456 e. The predicted molar refractivity (Wildman–Crippen MR) is 66.7 cm³/mol. The van der Waals surface area contributed by atoms with Crippen molar-refractivity contribution in [2.45, 2.75) is 12.5 Å². The van der Waals surface area contributed by atoms with Gasteiger partial charge in [0.25, 0.3) is 0 Å². The number of para-hydroxylation sites is 1. The summed E-state index contributed by atoms with van der Waals surface area (Å²) in [7, 11) is 0. The average molecular weight is 215 g/mol. The Bertz CT molecular complexity index is 469. The normalized spacial score (nSPS) is 21.4. The summed E-state index contributed by atoms with van der Waals surface area (Å²) in [4.78, 5) is 3.33. The van der Waals surface area contributed by atoms with Crippen LogP contribution < -0.4 is 10.6 Å².